The Labute approximate surface area is 172 Å². The van der Waals surface area contributed by atoms with Gasteiger partial charge in [0, 0.05) is 19.0 Å². The van der Waals surface area contributed by atoms with Gasteiger partial charge in [0.05, 0.1) is 0 Å². The van der Waals surface area contributed by atoms with Crippen LogP contribution in [0.3, 0.4) is 0 Å². The molecule has 154 valence electrons. The van der Waals surface area contributed by atoms with E-state index >= 15 is 0 Å². The van der Waals surface area contributed by atoms with Crippen molar-refractivity contribution < 1.29 is 19.1 Å². The highest BCUT2D eigenvalue weighted by Crippen LogP contribution is 2.29. The first-order valence-corrected chi connectivity index (χ1v) is 10.1. The zero-order valence-corrected chi connectivity index (χ0v) is 17.3. The molecule has 1 aliphatic rings. The van der Waals surface area contributed by atoms with Gasteiger partial charge >= 0.3 is 6.09 Å². The number of carbonyl (C=O) groups is 2. The summed E-state index contributed by atoms with van der Waals surface area (Å²) in [5.41, 5.74) is 2.77. The van der Waals surface area contributed by atoms with Gasteiger partial charge in [-0.05, 0) is 50.3 Å². The Morgan fingerprint density at radius 3 is 2.31 bits per heavy atom. The van der Waals surface area contributed by atoms with Crippen molar-refractivity contribution in [3.63, 3.8) is 0 Å². The molecule has 0 heterocycles. The first-order chi connectivity index (χ1) is 13.9. The molecule has 0 spiro atoms. The summed E-state index contributed by atoms with van der Waals surface area (Å²) in [5, 5.41) is 0. The van der Waals surface area contributed by atoms with Crippen LogP contribution in [0.2, 0.25) is 0 Å². The molecule has 0 N–H and O–H groups in total. The average molecular weight is 395 g/mol. The lowest BCUT2D eigenvalue weighted by atomic mass is 10.0. The van der Waals surface area contributed by atoms with Crippen molar-refractivity contribution in [1.29, 1.82) is 0 Å². The Hall–Kier alpha value is -2.82. The van der Waals surface area contributed by atoms with Crippen molar-refractivity contribution in [2.75, 3.05) is 0 Å². The maximum atomic E-state index is 12.9. The topological polar surface area (TPSA) is 55.8 Å². The minimum Gasteiger partial charge on any atom is -0.465 e. The molecule has 5 nitrogen and oxygen atoms in total. The molecule has 1 saturated carbocycles. The number of hydrogen-bond acceptors (Lipinski definition) is 4. The van der Waals surface area contributed by atoms with E-state index in [1.54, 1.807) is 4.90 Å². The number of hydrogen-bond donors (Lipinski definition) is 0. The molecule has 2 atom stereocenters. The molecule has 1 amide bonds. The summed E-state index contributed by atoms with van der Waals surface area (Å²) in [6, 6.07) is 18.4. The number of nitrogens with zero attached hydrogens (tertiary/aromatic N) is 1. The second-order valence-electron chi connectivity index (χ2n) is 8.49. The van der Waals surface area contributed by atoms with Crippen LogP contribution in [0.4, 0.5) is 4.79 Å². The van der Waals surface area contributed by atoms with Gasteiger partial charge in [0.15, 0.2) is 0 Å². The summed E-state index contributed by atoms with van der Waals surface area (Å²) in [6.45, 7) is 6.55. The molecule has 29 heavy (non-hydrogen) atoms. The molecule has 5 heteroatoms. The average Bonchev–Trinajstić information content (AvgIpc) is 3.14. The van der Waals surface area contributed by atoms with Crippen LogP contribution in [0.5, 0.6) is 0 Å². The van der Waals surface area contributed by atoms with E-state index in [1.807, 2.05) is 51.1 Å². The summed E-state index contributed by atoms with van der Waals surface area (Å²) in [6.07, 6.45) is 1.72. The van der Waals surface area contributed by atoms with E-state index in [9.17, 15) is 9.59 Å². The molecule has 2 aromatic rings. The molecular weight excluding hydrogens is 366 g/mol. The lowest BCUT2D eigenvalue weighted by Crippen LogP contribution is -2.42. The highest BCUT2D eigenvalue weighted by molar-refractivity contribution is 5.69. The van der Waals surface area contributed by atoms with Crippen LogP contribution in [0.1, 0.15) is 45.6 Å². The lowest BCUT2D eigenvalue weighted by Gasteiger charge is -2.31. The molecular formula is C24H29NO4. The summed E-state index contributed by atoms with van der Waals surface area (Å²) in [7, 11) is 0. The van der Waals surface area contributed by atoms with Crippen LogP contribution in [0.15, 0.2) is 54.6 Å². The van der Waals surface area contributed by atoms with Crippen LogP contribution in [-0.2, 0) is 20.8 Å². The van der Waals surface area contributed by atoms with Crippen LogP contribution < -0.4 is 0 Å². The number of benzene rings is 2. The van der Waals surface area contributed by atoms with Crippen LogP contribution >= 0.6 is 0 Å². The van der Waals surface area contributed by atoms with Gasteiger partial charge in [0.25, 0.3) is 6.47 Å². The monoisotopic (exact) mass is 395 g/mol. The third-order valence-corrected chi connectivity index (χ3v) is 5.09. The lowest BCUT2D eigenvalue weighted by molar-refractivity contribution is -0.133. The summed E-state index contributed by atoms with van der Waals surface area (Å²) in [4.78, 5) is 25.3. The number of rotatable bonds is 6. The molecule has 0 radical (unpaired) electrons. The second-order valence-corrected chi connectivity index (χ2v) is 8.49. The van der Waals surface area contributed by atoms with Crippen molar-refractivity contribution in [3.8, 4) is 11.1 Å². The summed E-state index contributed by atoms with van der Waals surface area (Å²) < 4.78 is 10.8. The standard InChI is InChI=1S/C24H29NO4/c1-24(2,3)29-23(27)25(21-13-14-22(15-21)28-17-26)16-18-9-11-20(12-10-18)19-7-5-4-6-8-19/h4-12,17,21-22H,13-16H2,1-3H3/t21-,22+/m0/s1. The maximum absolute atomic E-state index is 12.9. The van der Waals surface area contributed by atoms with Gasteiger partial charge in [0.1, 0.15) is 11.7 Å². The van der Waals surface area contributed by atoms with E-state index in [0.29, 0.717) is 19.4 Å². The highest BCUT2D eigenvalue weighted by atomic mass is 16.6. The summed E-state index contributed by atoms with van der Waals surface area (Å²) >= 11 is 0. The van der Waals surface area contributed by atoms with E-state index in [1.165, 1.54) is 0 Å². The number of carbonyl (C=O) groups excluding carboxylic acids is 2. The molecule has 0 bridgehead atoms. The quantitative estimate of drug-likeness (QED) is 0.632. The van der Waals surface area contributed by atoms with Crippen LogP contribution in [-0.4, -0.2) is 35.2 Å². The first-order valence-electron chi connectivity index (χ1n) is 10.1. The fraction of sp³-hybridized carbons (Fsp3) is 0.417. The Morgan fingerprint density at radius 1 is 1.03 bits per heavy atom. The Bertz CT molecular complexity index is 811. The third-order valence-electron chi connectivity index (χ3n) is 5.09. The van der Waals surface area contributed by atoms with Gasteiger partial charge in [-0.2, -0.15) is 0 Å². The van der Waals surface area contributed by atoms with Gasteiger partial charge in [-0.15, -0.1) is 0 Å². The van der Waals surface area contributed by atoms with E-state index < -0.39 is 5.60 Å². The molecule has 0 aliphatic heterocycles. The second kappa shape index (κ2) is 9.12. The van der Waals surface area contributed by atoms with Gasteiger partial charge in [-0.25, -0.2) is 4.79 Å². The van der Waals surface area contributed by atoms with Crippen molar-refractivity contribution in [3.05, 3.63) is 60.2 Å². The van der Waals surface area contributed by atoms with Gasteiger partial charge in [-0.3, -0.25) is 4.79 Å². The smallest absolute Gasteiger partial charge is 0.410 e. The number of ether oxygens (including phenoxy) is 2. The van der Waals surface area contributed by atoms with E-state index in [-0.39, 0.29) is 18.2 Å². The fourth-order valence-electron chi connectivity index (χ4n) is 3.70. The van der Waals surface area contributed by atoms with Gasteiger partial charge in [-0.1, -0.05) is 54.6 Å². The minimum atomic E-state index is -0.566. The Kier molecular flexibility index (Phi) is 6.57. The van der Waals surface area contributed by atoms with Crippen molar-refractivity contribution in [1.82, 2.24) is 4.90 Å². The van der Waals surface area contributed by atoms with Crippen LogP contribution in [0, 0.1) is 0 Å². The zero-order chi connectivity index (χ0) is 20.9. The van der Waals surface area contributed by atoms with Crippen molar-refractivity contribution in [2.45, 2.75) is 64.3 Å². The van der Waals surface area contributed by atoms with Crippen molar-refractivity contribution >= 4 is 12.6 Å². The zero-order valence-electron chi connectivity index (χ0n) is 17.3. The largest absolute Gasteiger partial charge is 0.465 e. The Morgan fingerprint density at radius 2 is 1.69 bits per heavy atom. The van der Waals surface area contributed by atoms with Crippen molar-refractivity contribution in [2.24, 2.45) is 0 Å². The predicted molar refractivity (Wildman–Crippen MR) is 112 cm³/mol. The molecule has 1 aliphatic carbocycles. The molecule has 3 rings (SSSR count). The molecule has 1 fully saturated rings. The summed E-state index contributed by atoms with van der Waals surface area (Å²) in [5.74, 6) is 0. The van der Waals surface area contributed by atoms with Crippen LogP contribution in [0.25, 0.3) is 11.1 Å². The fourth-order valence-corrected chi connectivity index (χ4v) is 3.70. The predicted octanol–water partition coefficient (Wildman–Crippen LogP) is 5.18. The number of amides is 1. The van der Waals surface area contributed by atoms with E-state index in [4.69, 9.17) is 9.47 Å². The maximum Gasteiger partial charge on any atom is 0.410 e. The normalized spacial score (nSPS) is 18.9. The highest BCUT2D eigenvalue weighted by Gasteiger charge is 2.35. The van der Waals surface area contributed by atoms with E-state index in [2.05, 4.69) is 24.3 Å². The molecule has 2 aromatic carbocycles. The Balaban J connectivity index is 1.75. The first kappa shape index (κ1) is 20.9. The minimum absolute atomic E-state index is 0.0106. The SMILES string of the molecule is CC(C)(C)OC(=O)N(Cc1ccc(-c2ccccc2)cc1)[C@H]1CC[C@@H](OC=O)C1. The van der Waals surface area contributed by atoms with Gasteiger partial charge < -0.3 is 14.4 Å². The molecule has 0 saturated heterocycles. The molecule has 0 aromatic heterocycles. The van der Waals surface area contributed by atoms with E-state index in [0.717, 1.165) is 29.5 Å². The van der Waals surface area contributed by atoms with Gasteiger partial charge in [0.2, 0.25) is 0 Å². The third kappa shape index (κ3) is 5.83. The molecule has 0 unspecified atom stereocenters.